The molecule has 10 nitrogen and oxygen atoms in total. The van der Waals surface area contributed by atoms with Gasteiger partial charge in [0.15, 0.2) is 0 Å². The molecule has 12 heteroatoms. The van der Waals surface area contributed by atoms with Crippen molar-refractivity contribution in [3.05, 3.63) is 94.8 Å². The predicted molar refractivity (Wildman–Crippen MR) is 178 cm³/mol. The third kappa shape index (κ3) is 12.9. The number of ether oxygens (including phenoxy) is 4. The molecule has 0 spiro atoms. The largest absolute Gasteiger partial charge is 0.459 e. The van der Waals surface area contributed by atoms with Gasteiger partial charge < -0.3 is 29.6 Å². The van der Waals surface area contributed by atoms with Crippen LogP contribution in [-0.2, 0) is 41.6 Å². The summed E-state index contributed by atoms with van der Waals surface area (Å²) in [6.07, 6.45) is -2.95. The van der Waals surface area contributed by atoms with Gasteiger partial charge in [0.05, 0.1) is 5.92 Å². The summed E-state index contributed by atoms with van der Waals surface area (Å²) in [6.45, 7) is 9.70. The number of rotatable bonds is 13. The van der Waals surface area contributed by atoms with E-state index >= 15 is 0 Å². The van der Waals surface area contributed by atoms with Crippen LogP contribution in [0.2, 0.25) is 5.02 Å². The lowest BCUT2D eigenvalue weighted by Crippen LogP contribution is -2.49. The molecule has 0 saturated carbocycles. The standard InChI is InChI=1S/C36H42ClFN2O8/c1-22(2)32(41)46-23(3)47-34(43)40-31(33(42)45-21-25-10-8-7-9-11-25)20-28(39-35(44)48-36(4,5)6)18-24-12-14-26(15-13-24)29-19-27(37)16-17-30(29)38/h7-17,19,22-23,28,31H,18,20-21H2,1-6H3,(H,39,44)(H,40,43)/t23?,28-,31-/m1/s1. The van der Waals surface area contributed by atoms with Crippen LogP contribution in [0.15, 0.2) is 72.8 Å². The van der Waals surface area contributed by atoms with Crippen molar-refractivity contribution < 1.29 is 42.5 Å². The number of carbonyl (C=O) groups is 4. The molecule has 3 atom stereocenters. The summed E-state index contributed by atoms with van der Waals surface area (Å²) < 4.78 is 35.8. The van der Waals surface area contributed by atoms with Gasteiger partial charge >= 0.3 is 24.1 Å². The molecule has 0 fully saturated rings. The summed E-state index contributed by atoms with van der Waals surface area (Å²) in [4.78, 5) is 51.1. The van der Waals surface area contributed by atoms with Gasteiger partial charge in [0.25, 0.3) is 0 Å². The number of nitrogens with one attached hydrogen (secondary N) is 2. The number of carbonyl (C=O) groups excluding carboxylic acids is 4. The summed E-state index contributed by atoms with van der Waals surface area (Å²) >= 11 is 6.07. The zero-order valence-electron chi connectivity index (χ0n) is 27.9. The Kier molecular flexibility index (Phi) is 13.8. The lowest BCUT2D eigenvalue weighted by molar-refractivity contribution is -0.169. The normalized spacial score (nSPS) is 13.1. The van der Waals surface area contributed by atoms with Crippen molar-refractivity contribution in [1.29, 1.82) is 0 Å². The predicted octanol–water partition coefficient (Wildman–Crippen LogP) is 7.36. The van der Waals surface area contributed by atoms with E-state index in [0.29, 0.717) is 16.1 Å². The molecule has 0 radical (unpaired) electrons. The highest BCUT2D eigenvalue weighted by molar-refractivity contribution is 6.30. The third-order valence-corrected chi connectivity index (χ3v) is 6.98. The van der Waals surface area contributed by atoms with E-state index in [0.717, 1.165) is 11.1 Å². The van der Waals surface area contributed by atoms with Crippen LogP contribution >= 0.6 is 11.6 Å². The Morgan fingerprint density at radius 1 is 0.812 bits per heavy atom. The summed E-state index contributed by atoms with van der Waals surface area (Å²) in [7, 11) is 0. The number of benzene rings is 3. The maximum Gasteiger partial charge on any atom is 0.410 e. The number of hydrogen-bond donors (Lipinski definition) is 2. The highest BCUT2D eigenvalue weighted by Gasteiger charge is 2.30. The molecule has 2 N–H and O–H groups in total. The van der Waals surface area contributed by atoms with Crippen LogP contribution in [0.1, 0.15) is 59.1 Å². The number of esters is 2. The van der Waals surface area contributed by atoms with Gasteiger partial charge in [0.2, 0.25) is 6.29 Å². The van der Waals surface area contributed by atoms with Gasteiger partial charge in [-0.3, -0.25) is 4.79 Å². The maximum absolute atomic E-state index is 14.5. The van der Waals surface area contributed by atoms with Gasteiger partial charge in [-0.15, -0.1) is 0 Å². The molecule has 0 aliphatic rings. The molecular weight excluding hydrogens is 643 g/mol. The Hall–Kier alpha value is -4.64. The molecule has 3 aromatic rings. The quantitative estimate of drug-likeness (QED) is 0.109. The SMILES string of the molecule is CC(OC(=O)N[C@H](C[C@@H](Cc1ccc(-c2cc(Cl)ccc2F)cc1)NC(=O)OC(C)(C)C)C(=O)OCc1ccccc1)OC(=O)C(C)C. The van der Waals surface area contributed by atoms with Crippen LogP contribution in [0.5, 0.6) is 0 Å². The monoisotopic (exact) mass is 684 g/mol. The van der Waals surface area contributed by atoms with Crippen LogP contribution in [-0.4, -0.2) is 48.1 Å². The second-order valence-corrected chi connectivity index (χ2v) is 12.9. The van der Waals surface area contributed by atoms with Crippen molar-refractivity contribution >= 4 is 35.7 Å². The Labute approximate surface area is 285 Å². The molecular formula is C36H42ClFN2O8. The van der Waals surface area contributed by atoms with Crippen molar-refractivity contribution in [3.63, 3.8) is 0 Å². The second-order valence-electron chi connectivity index (χ2n) is 12.5. The molecule has 0 heterocycles. The topological polar surface area (TPSA) is 129 Å². The molecule has 3 rings (SSSR count). The Bertz CT molecular complexity index is 1540. The fraction of sp³-hybridized carbons (Fsp3) is 0.389. The van der Waals surface area contributed by atoms with Crippen molar-refractivity contribution in [1.82, 2.24) is 10.6 Å². The number of alkyl carbamates (subject to hydrolysis) is 2. The van der Waals surface area contributed by atoms with Crippen LogP contribution in [0.25, 0.3) is 11.1 Å². The number of halogens is 2. The van der Waals surface area contributed by atoms with E-state index in [9.17, 15) is 23.6 Å². The highest BCUT2D eigenvalue weighted by Crippen LogP contribution is 2.27. The van der Waals surface area contributed by atoms with Gasteiger partial charge in [-0.2, -0.15) is 0 Å². The highest BCUT2D eigenvalue weighted by atomic mass is 35.5. The smallest absolute Gasteiger partial charge is 0.410 e. The van der Waals surface area contributed by atoms with Gasteiger partial charge in [-0.05, 0) is 68.5 Å². The van der Waals surface area contributed by atoms with Crippen LogP contribution < -0.4 is 10.6 Å². The average Bonchev–Trinajstić information content (AvgIpc) is 3.00. The molecule has 0 saturated heterocycles. The fourth-order valence-electron chi connectivity index (χ4n) is 4.47. The average molecular weight is 685 g/mol. The number of hydrogen-bond acceptors (Lipinski definition) is 8. The zero-order chi connectivity index (χ0) is 35.4. The Balaban J connectivity index is 1.84. The van der Waals surface area contributed by atoms with Crippen molar-refractivity contribution in [3.8, 4) is 11.1 Å². The third-order valence-electron chi connectivity index (χ3n) is 6.74. The van der Waals surface area contributed by atoms with Crippen molar-refractivity contribution in [2.75, 3.05) is 0 Å². The van der Waals surface area contributed by atoms with Gasteiger partial charge in [0.1, 0.15) is 24.1 Å². The van der Waals surface area contributed by atoms with E-state index in [1.165, 1.54) is 25.1 Å². The first-order chi connectivity index (χ1) is 22.6. The summed E-state index contributed by atoms with van der Waals surface area (Å²) in [5, 5.41) is 5.67. The molecule has 0 bridgehead atoms. The first kappa shape index (κ1) is 37.8. The zero-order valence-corrected chi connectivity index (χ0v) is 28.6. The lowest BCUT2D eigenvalue weighted by Gasteiger charge is -2.27. The van der Waals surface area contributed by atoms with Gasteiger partial charge in [0, 0.05) is 23.6 Å². The van der Waals surface area contributed by atoms with E-state index in [4.69, 9.17) is 30.5 Å². The summed E-state index contributed by atoms with van der Waals surface area (Å²) in [6, 6.07) is 18.1. The minimum Gasteiger partial charge on any atom is -0.459 e. The minimum absolute atomic E-state index is 0.0685. The molecule has 0 aliphatic heterocycles. The van der Waals surface area contributed by atoms with E-state index in [-0.39, 0.29) is 19.4 Å². The van der Waals surface area contributed by atoms with Gasteiger partial charge in [-0.1, -0.05) is 80.0 Å². The Morgan fingerprint density at radius 2 is 1.48 bits per heavy atom. The molecule has 258 valence electrons. The summed E-state index contributed by atoms with van der Waals surface area (Å²) in [5.41, 5.74) is 1.57. The van der Waals surface area contributed by atoms with Crippen molar-refractivity contribution in [2.45, 2.75) is 85.0 Å². The van der Waals surface area contributed by atoms with E-state index in [1.54, 1.807) is 83.1 Å². The summed E-state index contributed by atoms with van der Waals surface area (Å²) in [5.74, 6) is -2.23. The van der Waals surface area contributed by atoms with Crippen LogP contribution in [0.3, 0.4) is 0 Å². The molecule has 1 unspecified atom stereocenters. The minimum atomic E-state index is -1.30. The van der Waals surface area contributed by atoms with E-state index in [2.05, 4.69) is 10.6 Å². The van der Waals surface area contributed by atoms with Crippen LogP contribution in [0.4, 0.5) is 14.0 Å². The van der Waals surface area contributed by atoms with Crippen LogP contribution in [0, 0.1) is 11.7 Å². The molecule has 0 aliphatic carbocycles. The first-order valence-electron chi connectivity index (χ1n) is 15.5. The lowest BCUT2D eigenvalue weighted by atomic mass is 9.97. The Morgan fingerprint density at radius 3 is 2.10 bits per heavy atom. The first-order valence-corrected chi connectivity index (χ1v) is 15.9. The second kappa shape index (κ2) is 17.5. The van der Waals surface area contributed by atoms with Gasteiger partial charge in [-0.25, -0.2) is 18.8 Å². The fourth-order valence-corrected chi connectivity index (χ4v) is 4.64. The van der Waals surface area contributed by atoms with E-state index in [1.807, 2.05) is 6.07 Å². The van der Waals surface area contributed by atoms with E-state index < -0.39 is 59.8 Å². The van der Waals surface area contributed by atoms with Crippen molar-refractivity contribution in [2.24, 2.45) is 5.92 Å². The molecule has 0 aromatic heterocycles. The molecule has 48 heavy (non-hydrogen) atoms. The molecule has 2 amide bonds. The number of amides is 2. The molecule has 3 aromatic carbocycles. The maximum atomic E-state index is 14.5.